The summed E-state index contributed by atoms with van der Waals surface area (Å²) in [6.45, 7) is 5.97. The molecule has 3 aromatic rings. The lowest BCUT2D eigenvalue weighted by molar-refractivity contribution is 0.195. The highest BCUT2D eigenvalue weighted by Gasteiger charge is 2.20. The molecule has 0 spiro atoms. The van der Waals surface area contributed by atoms with E-state index in [1.165, 1.54) is 23.0 Å². The Morgan fingerprint density at radius 3 is 2.50 bits per heavy atom. The van der Waals surface area contributed by atoms with Gasteiger partial charge in [0.2, 0.25) is 5.13 Å². The number of anilines is 3. The maximum absolute atomic E-state index is 14.0. The van der Waals surface area contributed by atoms with Crippen molar-refractivity contribution in [2.45, 2.75) is 13.6 Å². The molecule has 28 heavy (non-hydrogen) atoms. The molecule has 2 aromatic carbocycles. The maximum atomic E-state index is 14.0. The van der Waals surface area contributed by atoms with E-state index in [1.54, 1.807) is 6.07 Å². The minimum Gasteiger partial charge on any atom is -0.367 e. The summed E-state index contributed by atoms with van der Waals surface area (Å²) in [7, 11) is 0. The van der Waals surface area contributed by atoms with Crippen molar-refractivity contribution in [2.75, 3.05) is 36.4 Å². The van der Waals surface area contributed by atoms with Gasteiger partial charge in [-0.05, 0) is 43.4 Å². The van der Waals surface area contributed by atoms with Crippen molar-refractivity contribution < 1.29 is 4.39 Å². The monoisotopic (exact) mass is 415 g/mol. The van der Waals surface area contributed by atoms with Gasteiger partial charge in [0.05, 0.1) is 12.4 Å². The van der Waals surface area contributed by atoms with Gasteiger partial charge in [-0.15, -0.1) is 5.10 Å². The van der Waals surface area contributed by atoms with Gasteiger partial charge in [0.1, 0.15) is 5.82 Å². The van der Waals surface area contributed by atoms with Gasteiger partial charge in [-0.1, -0.05) is 41.2 Å². The van der Waals surface area contributed by atoms with Gasteiger partial charge >= 0.3 is 0 Å². The number of para-hydroxylation sites is 1. The molecule has 1 N–H and O–H groups in total. The second-order valence-electron chi connectivity index (χ2n) is 6.86. The molecule has 0 radical (unpaired) electrons. The largest absolute Gasteiger partial charge is 0.367 e. The van der Waals surface area contributed by atoms with Crippen molar-refractivity contribution in [1.29, 1.82) is 0 Å². The summed E-state index contributed by atoms with van der Waals surface area (Å²) in [5, 5.41) is 8.72. The number of nitrogens with one attached hydrogen (secondary N) is 1. The van der Waals surface area contributed by atoms with Crippen LogP contribution in [0.25, 0.3) is 0 Å². The minimum atomic E-state index is -0.163. The number of rotatable bonds is 5. The summed E-state index contributed by atoms with van der Waals surface area (Å²) < 4.78 is 16.6. The predicted octanol–water partition coefficient (Wildman–Crippen LogP) is 4.64. The van der Waals surface area contributed by atoms with E-state index >= 15 is 0 Å². The molecular formula is C20H22FN5S2. The summed E-state index contributed by atoms with van der Waals surface area (Å²) in [4.78, 5) is 4.39. The van der Waals surface area contributed by atoms with Gasteiger partial charge < -0.3 is 10.2 Å². The molecule has 0 saturated carbocycles. The number of piperazine rings is 1. The van der Waals surface area contributed by atoms with E-state index in [0.717, 1.165) is 41.0 Å². The van der Waals surface area contributed by atoms with Gasteiger partial charge in [0.25, 0.3) is 0 Å². The van der Waals surface area contributed by atoms with Crippen LogP contribution >= 0.6 is 23.6 Å². The Bertz CT molecular complexity index is 990. The molecule has 8 heteroatoms. The summed E-state index contributed by atoms with van der Waals surface area (Å²) in [6.07, 6.45) is 0. The first kappa shape index (κ1) is 19.0. The van der Waals surface area contributed by atoms with Crippen molar-refractivity contribution in [3.63, 3.8) is 0 Å². The van der Waals surface area contributed by atoms with Crippen molar-refractivity contribution in [3.8, 4) is 0 Å². The molecule has 0 aliphatic carbocycles. The van der Waals surface area contributed by atoms with Crippen LogP contribution in [0.15, 0.2) is 48.5 Å². The molecule has 5 nitrogen and oxygen atoms in total. The zero-order valence-electron chi connectivity index (χ0n) is 15.6. The van der Waals surface area contributed by atoms with Gasteiger partial charge in [-0.2, -0.15) is 0 Å². The van der Waals surface area contributed by atoms with Crippen molar-refractivity contribution in [3.05, 3.63) is 63.9 Å². The van der Waals surface area contributed by atoms with Crippen molar-refractivity contribution >= 4 is 40.1 Å². The molecule has 1 saturated heterocycles. The normalized spacial score (nSPS) is 15.0. The second-order valence-corrected chi connectivity index (χ2v) is 8.48. The van der Waals surface area contributed by atoms with E-state index in [0.29, 0.717) is 12.4 Å². The van der Waals surface area contributed by atoms with E-state index in [9.17, 15) is 4.39 Å². The number of aromatic nitrogens is 2. The van der Waals surface area contributed by atoms with Crippen LogP contribution in [0.1, 0.15) is 5.56 Å². The molecule has 0 unspecified atom stereocenters. The first-order chi connectivity index (χ1) is 13.6. The topological polar surface area (TPSA) is 36.3 Å². The van der Waals surface area contributed by atoms with Crippen LogP contribution in [0.5, 0.6) is 0 Å². The lowest BCUT2D eigenvalue weighted by Gasteiger charge is -2.35. The van der Waals surface area contributed by atoms with E-state index in [-0.39, 0.29) is 5.82 Å². The smallest absolute Gasteiger partial charge is 0.209 e. The third kappa shape index (κ3) is 4.40. The van der Waals surface area contributed by atoms with Gasteiger partial charge in [-0.3, -0.25) is 4.90 Å². The van der Waals surface area contributed by atoms with Crippen LogP contribution in [0.2, 0.25) is 0 Å². The molecule has 1 aliphatic heterocycles. The summed E-state index contributed by atoms with van der Waals surface area (Å²) in [5.74, 6) is -0.163. The van der Waals surface area contributed by atoms with Crippen molar-refractivity contribution in [2.24, 2.45) is 0 Å². The average Bonchev–Trinajstić information content (AvgIpc) is 3.04. The van der Waals surface area contributed by atoms with Crippen molar-refractivity contribution in [1.82, 2.24) is 14.7 Å². The number of halogens is 1. The summed E-state index contributed by atoms with van der Waals surface area (Å²) in [5.41, 5.74) is 2.90. The van der Waals surface area contributed by atoms with Crippen LogP contribution in [-0.2, 0) is 6.67 Å². The molecule has 0 amide bonds. The van der Waals surface area contributed by atoms with Crippen LogP contribution in [0.3, 0.4) is 0 Å². The Hall–Kier alpha value is -2.29. The predicted molar refractivity (Wildman–Crippen MR) is 116 cm³/mol. The number of benzene rings is 2. The summed E-state index contributed by atoms with van der Waals surface area (Å²) in [6, 6.07) is 15.1. The Kier molecular flexibility index (Phi) is 5.70. The lowest BCUT2D eigenvalue weighted by atomic mass is 10.2. The SMILES string of the molecule is Cc1ccc(Nc2nn(CN3CCN(c4ccccc4F)CC3)c(=S)s2)cc1. The zero-order chi connectivity index (χ0) is 19.5. The molecule has 1 aromatic heterocycles. The highest BCUT2D eigenvalue weighted by atomic mass is 32.1. The average molecular weight is 416 g/mol. The Labute approximate surface area is 173 Å². The molecule has 0 atom stereocenters. The first-order valence-electron chi connectivity index (χ1n) is 9.22. The van der Waals surface area contributed by atoms with Crippen LogP contribution in [0, 0.1) is 16.7 Å². The fourth-order valence-electron chi connectivity index (χ4n) is 3.23. The summed E-state index contributed by atoms with van der Waals surface area (Å²) >= 11 is 6.96. The highest BCUT2D eigenvalue weighted by molar-refractivity contribution is 7.73. The van der Waals surface area contributed by atoms with Crippen LogP contribution in [-0.4, -0.2) is 40.9 Å². The van der Waals surface area contributed by atoms with E-state index in [2.05, 4.69) is 39.3 Å². The van der Waals surface area contributed by atoms with Gasteiger partial charge in [0, 0.05) is 31.9 Å². The zero-order valence-corrected chi connectivity index (χ0v) is 17.3. The molecule has 1 fully saturated rings. The van der Waals surface area contributed by atoms with E-state index < -0.39 is 0 Å². The van der Waals surface area contributed by atoms with Gasteiger partial charge in [0.15, 0.2) is 3.95 Å². The minimum absolute atomic E-state index is 0.163. The van der Waals surface area contributed by atoms with E-state index in [4.69, 9.17) is 12.2 Å². The molecular weight excluding hydrogens is 393 g/mol. The standard InChI is InChI=1S/C20H22FN5S2/c1-15-6-8-16(9-7-15)22-19-23-26(20(27)28-19)14-24-10-12-25(13-11-24)18-5-3-2-4-17(18)21/h2-9H,10-14H2,1H3,(H,22,23). The first-order valence-corrected chi connectivity index (χ1v) is 10.4. The van der Waals surface area contributed by atoms with E-state index in [1.807, 2.05) is 28.9 Å². The van der Waals surface area contributed by atoms with Crippen LogP contribution < -0.4 is 10.2 Å². The fourth-order valence-corrected chi connectivity index (χ4v) is 4.25. The Morgan fingerprint density at radius 2 is 1.79 bits per heavy atom. The lowest BCUT2D eigenvalue weighted by Crippen LogP contribution is -2.47. The number of hydrogen-bond acceptors (Lipinski definition) is 6. The number of nitrogens with zero attached hydrogens (tertiary/aromatic N) is 4. The molecule has 1 aliphatic rings. The third-order valence-electron chi connectivity index (χ3n) is 4.81. The highest BCUT2D eigenvalue weighted by Crippen LogP contribution is 2.22. The third-order valence-corrected chi connectivity index (χ3v) is 6.03. The fraction of sp³-hybridized carbons (Fsp3) is 0.300. The van der Waals surface area contributed by atoms with Crippen LogP contribution in [0.4, 0.5) is 20.9 Å². The molecule has 4 rings (SSSR count). The second kappa shape index (κ2) is 8.38. The van der Waals surface area contributed by atoms with Gasteiger partial charge in [-0.25, -0.2) is 9.07 Å². The molecule has 146 valence electrons. The molecule has 2 heterocycles. The Morgan fingerprint density at radius 1 is 1.07 bits per heavy atom. The molecule has 0 bridgehead atoms. The maximum Gasteiger partial charge on any atom is 0.209 e. The number of hydrogen-bond donors (Lipinski definition) is 1. The Balaban J connectivity index is 1.36. The quantitative estimate of drug-likeness (QED) is 0.614. The number of aryl methyl sites for hydroxylation is 1.